The summed E-state index contributed by atoms with van der Waals surface area (Å²) in [5.41, 5.74) is 3.54. The van der Waals surface area contributed by atoms with Crippen LogP contribution in [0.1, 0.15) is 43.7 Å². The second-order valence-electron chi connectivity index (χ2n) is 7.70. The molecule has 152 valence electrons. The third kappa shape index (κ3) is 5.61. The monoisotopic (exact) mass is 400 g/mol. The molecular weight excluding hydrogens is 368 g/mol. The molecule has 5 nitrogen and oxygen atoms in total. The molecule has 0 bridgehead atoms. The summed E-state index contributed by atoms with van der Waals surface area (Å²) >= 11 is 1.50. The highest BCUT2D eigenvalue weighted by atomic mass is 32.2. The Balaban J connectivity index is 1.50. The predicted octanol–water partition coefficient (Wildman–Crippen LogP) is 3.96. The lowest BCUT2D eigenvalue weighted by Crippen LogP contribution is -2.45. The van der Waals surface area contributed by atoms with E-state index in [9.17, 15) is 4.79 Å². The van der Waals surface area contributed by atoms with Crippen LogP contribution in [-0.2, 0) is 4.79 Å². The minimum absolute atomic E-state index is 0.104. The van der Waals surface area contributed by atoms with Gasteiger partial charge in [-0.1, -0.05) is 37.2 Å². The first-order chi connectivity index (χ1) is 13.6. The average Bonchev–Trinajstić information content (AvgIpc) is 3.16. The summed E-state index contributed by atoms with van der Waals surface area (Å²) in [5, 5.41) is 4.07. The largest absolute Gasteiger partial charge is 0.353 e. The Hall–Kier alpha value is -1.79. The van der Waals surface area contributed by atoms with Gasteiger partial charge in [0.05, 0.1) is 11.4 Å². The summed E-state index contributed by atoms with van der Waals surface area (Å²) in [6.45, 7) is 9.80. The van der Waals surface area contributed by atoms with Crippen molar-refractivity contribution in [1.29, 1.82) is 0 Å². The third-order valence-electron chi connectivity index (χ3n) is 5.34. The number of hydrogen-bond acceptors (Lipinski definition) is 4. The Morgan fingerprint density at radius 1 is 1.29 bits per heavy atom. The van der Waals surface area contributed by atoms with E-state index in [1.54, 1.807) is 6.20 Å². The van der Waals surface area contributed by atoms with Crippen molar-refractivity contribution in [2.24, 2.45) is 0 Å². The molecule has 0 spiro atoms. The van der Waals surface area contributed by atoms with Crippen LogP contribution in [0.4, 0.5) is 0 Å². The topological polar surface area (TPSA) is 50.2 Å². The van der Waals surface area contributed by atoms with Crippen LogP contribution in [0.5, 0.6) is 0 Å². The highest BCUT2D eigenvalue weighted by Gasteiger charge is 2.20. The Labute approximate surface area is 172 Å². The number of likely N-dealkylation sites (tertiary alicyclic amines) is 1. The van der Waals surface area contributed by atoms with Gasteiger partial charge in [0.15, 0.2) is 5.16 Å². The fourth-order valence-electron chi connectivity index (χ4n) is 3.64. The van der Waals surface area contributed by atoms with Gasteiger partial charge in [-0.2, -0.15) is 0 Å². The van der Waals surface area contributed by atoms with E-state index in [2.05, 4.69) is 58.7 Å². The van der Waals surface area contributed by atoms with Crippen LogP contribution in [0.25, 0.3) is 5.69 Å². The van der Waals surface area contributed by atoms with Crippen LogP contribution >= 0.6 is 11.8 Å². The molecule has 0 aliphatic carbocycles. The zero-order valence-electron chi connectivity index (χ0n) is 17.3. The van der Waals surface area contributed by atoms with Gasteiger partial charge in [-0.15, -0.1) is 0 Å². The van der Waals surface area contributed by atoms with E-state index >= 15 is 0 Å². The van der Waals surface area contributed by atoms with E-state index in [4.69, 9.17) is 0 Å². The van der Waals surface area contributed by atoms with Crippen LogP contribution < -0.4 is 5.32 Å². The number of carbonyl (C=O) groups is 1. The molecule has 1 aromatic heterocycles. The summed E-state index contributed by atoms with van der Waals surface area (Å²) in [4.78, 5) is 19.4. The smallest absolute Gasteiger partial charge is 0.230 e. The summed E-state index contributed by atoms with van der Waals surface area (Å²) in [6, 6.07) is 6.71. The van der Waals surface area contributed by atoms with Crippen LogP contribution in [0.2, 0.25) is 0 Å². The van der Waals surface area contributed by atoms with Gasteiger partial charge in [0, 0.05) is 31.5 Å². The Morgan fingerprint density at radius 2 is 2.07 bits per heavy atom. The van der Waals surface area contributed by atoms with Gasteiger partial charge in [0.1, 0.15) is 0 Å². The minimum Gasteiger partial charge on any atom is -0.353 e. The molecule has 3 rings (SSSR count). The van der Waals surface area contributed by atoms with E-state index < -0.39 is 0 Å². The Kier molecular flexibility index (Phi) is 7.57. The molecular formula is C22H32N4OS. The molecule has 0 atom stereocenters. The van der Waals surface area contributed by atoms with Gasteiger partial charge >= 0.3 is 0 Å². The zero-order chi connectivity index (χ0) is 19.9. The number of rotatable bonds is 8. The molecule has 1 N–H and O–H groups in total. The zero-order valence-corrected chi connectivity index (χ0v) is 18.1. The molecule has 0 unspecified atom stereocenters. The normalized spacial score (nSPS) is 15.7. The second kappa shape index (κ2) is 10.1. The van der Waals surface area contributed by atoms with E-state index in [0.717, 1.165) is 36.8 Å². The first-order valence-corrected chi connectivity index (χ1v) is 11.3. The fourth-order valence-corrected chi connectivity index (χ4v) is 4.42. The Bertz CT molecular complexity index is 781. The van der Waals surface area contributed by atoms with Crippen molar-refractivity contribution in [2.45, 2.75) is 57.7 Å². The van der Waals surface area contributed by atoms with Gasteiger partial charge in [0.2, 0.25) is 5.91 Å². The Morgan fingerprint density at radius 3 is 2.82 bits per heavy atom. The number of nitrogens with one attached hydrogen (secondary N) is 1. The van der Waals surface area contributed by atoms with Gasteiger partial charge in [-0.05, 0) is 56.8 Å². The molecule has 28 heavy (non-hydrogen) atoms. The highest BCUT2D eigenvalue weighted by Crippen LogP contribution is 2.23. The number of aryl methyl sites for hydroxylation is 2. The van der Waals surface area contributed by atoms with Crippen LogP contribution in [0, 0.1) is 13.8 Å². The molecule has 1 aliphatic rings. The number of nitrogens with zero attached hydrogens (tertiary/aromatic N) is 3. The molecule has 2 aromatic rings. The van der Waals surface area contributed by atoms with Gasteiger partial charge in [-0.3, -0.25) is 9.36 Å². The van der Waals surface area contributed by atoms with Gasteiger partial charge in [-0.25, -0.2) is 4.98 Å². The predicted molar refractivity (Wildman–Crippen MR) is 116 cm³/mol. The first-order valence-electron chi connectivity index (χ1n) is 10.3. The van der Waals surface area contributed by atoms with Crippen LogP contribution in [0.3, 0.4) is 0 Å². The minimum atomic E-state index is 0.104. The van der Waals surface area contributed by atoms with Crippen molar-refractivity contribution in [1.82, 2.24) is 19.8 Å². The van der Waals surface area contributed by atoms with Crippen molar-refractivity contribution >= 4 is 17.7 Å². The summed E-state index contributed by atoms with van der Waals surface area (Å²) in [6.07, 6.45) is 8.38. The average molecular weight is 401 g/mol. The van der Waals surface area contributed by atoms with Crippen molar-refractivity contribution in [2.75, 3.05) is 25.4 Å². The summed E-state index contributed by atoms with van der Waals surface area (Å²) in [5.74, 6) is 0.505. The van der Waals surface area contributed by atoms with E-state index in [1.807, 2.05) is 6.20 Å². The van der Waals surface area contributed by atoms with Crippen molar-refractivity contribution in [3.8, 4) is 5.69 Å². The number of piperidine rings is 1. The van der Waals surface area contributed by atoms with E-state index in [1.165, 1.54) is 42.3 Å². The molecule has 2 heterocycles. The van der Waals surface area contributed by atoms with Crippen LogP contribution in [-0.4, -0.2) is 51.8 Å². The quantitative estimate of drug-likeness (QED) is 0.682. The number of aromatic nitrogens is 2. The second-order valence-corrected chi connectivity index (χ2v) is 8.64. The summed E-state index contributed by atoms with van der Waals surface area (Å²) in [7, 11) is 0. The number of benzene rings is 1. The number of amides is 1. The SMILES string of the molecule is CCCCN1CCC(NC(=O)CSc2nccn2-c2cc(C)ccc2C)CC1. The molecule has 0 saturated carbocycles. The fraction of sp³-hybridized carbons (Fsp3) is 0.545. The summed E-state index contributed by atoms with van der Waals surface area (Å²) < 4.78 is 2.08. The molecule has 1 fully saturated rings. The maximum Gasteiger partial charge on any atom is 0.230 e. The lowest BCUT2D eigenvalue weighted by atomic mass is 10.0. The first kappa shape index (κ1) is 20.9. The van der Waals surface area contributed by atoms with Gasteiger partial charge in [0.25, 0.3) is 0 Å². The highest BCUT2D eigenvalue weighted by molar-refractivity contribution is 7.99. The van der Waals surface area contributed by atoms with Crippen molar-refractivity contribution in [3.63, 3.8) is 0 Å². The lowest BCUT2D eigenvalue weighted by molar-refractivity contribution is -0.119. The number of hydrogen-bond donors (Lipinski definition) is 1. The maximum atomic E-state index is 12.4. The number of imidazole rings is 1. The molecule has 6 heteroatoms. The maximum absolute atomic E-state index is 12.4. The van der Waals surface area contributed by atoms with Crippen molar-refractivity contribution < 1.29 is 4.79 Å². The van der Waals surface area contributed by atoms with Crippen molar-refractivity contribution in [3.05, 3.63) is 41.7 Å². The van der Waals surface area contributed by atoms with E-state index in [-0.39, 0.29) is 5.91 Å². The van der Waals surface area contributed by atoms with Gasteiger partial charge < -0.3 is 10.2 Å². The molecule has 1 aromatic carbocycles. The standard InChI is InChI=1S/C22H32N4OS/c1-4-5-11-25-12-8-19(9-13-25)24-21(27)16-28-22-23-10-14-26(22)20-15-17(2)6-7-18(20)3/h6-7,10,14-15,19H,4-5,8-9,11-13,16H2,1-3H3,(H,24,27). The molecule has 1 aliphatic heterocycles. The molecule has 1 amide bonds. The number of carbonyl (C=O) groups excluding carboxylic acids is 1. The molecule has 1 saturated heterocycles. The lowest BCUT2D eigenvalue weighted by Gasteiger charge is -2.32. The third-order valence-corrected chi connectivity index (χ3v) is 6.31. The van der Waals surface area contributed by atoms with E-state index in [0.29, 0.717) is 11.8 Å². The number of unbranched alkanes of at least 4 members (excludes halogenated alkanes) is 1. The van der Waals surface area contributed by atoms with Crippen LogP contribution in [0.15, 0.2) is 35.7 Å². The number of thioether (sulfide) groups is 1. The molecule has 0 radical (unpaired) electrons.